The van der Waals surface area contributed by atoms with Gasteiger partial charge in [-0.25, -0.2) is 0 Å². The summed E-state index contributed by atoms with van der Waals surface area (Å²) in [6.07, 6.45) is 0.293. The van der Waals surface area contributed by atoms with Gasteiger partial charge in [-0.1, -0.05) is 6.58 Å². The third-order valence-corrected chi connectivity index (χ3v) is 2.03. The number of hydrogen-bond donors (Lipinski definition) is 1. The third kappa shape index (κ3) is 2.84. The monoisotopic (exact) mass is 206 g/mol. The Balaban J connectivity index is 3.02. The average Bonchev–Trinajstić information content (AvgIpc) is 2.16. The van der Waals surface area contributed by atoms with Gasteiger partial charge in [-0.3, -0.25) is 4.79 Å². The predicted molar refractivity (Wildman–Crippen MR) is 59.0 cm³/mol. The number of aromatic hydroxyl groups is 1. The van der Waals surface area contributed by atoms with Crippen LogP contribution in [0.4, 0.5) is 0 Å². The number of rotatable bonds is 4. The van der Waals surface area contributed by atoms with E-state index in [9.17, 15) is 9.90 Å². The lowest BCUT2D eigenvalue weighted by molar-refractivity contribution is -0.116. The molecule has 80 valence electrons. The van der Waals surface area contributed by atoms with Gasteiger partial charge in [0.25, 0.3) is 0 Å². The van der Waals surface area contributed by atoms with Crippen molar-refractivity contribution in [3.8, 4) is 11.5 Å². The first kappa shape index (κ1) is 11.3. The number of methoxy groups -OCH3 is 1. The summed E-state index contributed by atoms with van der Waals surface area (Å²) < 4.78 is 5.10. The van der Waals surface area contributed by atoms with Gasteiger partial charge < -0.3 is 9.84 Å². The Hall–Kier alpha value is -1.77. The second-order valence-corrected chi connectivity index (χ2v) is 3.37. The molecule has 0 radical (unpaired) electrons. The molecule has 1 aromatic carbocycles. The Kier molecular flexibility index (Phi) is 3.50. The van der Waals surface area contributed by atoms with Crippen molar-refractivity contribution in [1.82, 2.24) is 0 Å². The minimum atomic E-state index is 0.0510. The molecule has 0 spiro atoms. The van der Waals surface area contributed by atoms with E-state index in [-0.39, 0.29) is 11.5 Å². The number of benzene rings is 1. The molecule has 0 saturated heterocycles. The molecule has 0 heterocycles. The van der Waals surface area contributed by atoms with E-state index in [4.69, 9.17) is 4.74 Å². The summed E-state index contributed by atoms with van der Waals surface area (Å²) in [6, 6.07) is 4.74. The van der Waals surface area contributed by atoms with Crippen LogP contribution in [0.5, 0.6) is 11.5 Å². The molecule has 0 fully saturated rings. The van der Waals surface area contributed by atoms with Gasteiger partial charge in [-0.05, 0) is 24.6 Å². The zero-order valence-corrected chi connectivity index (χ0v) is 8.91. The van der Waals surface area contributed by atoms with Crippen LogP contribution >= 0.6 is 0 Å². The molecule has 0 unspecified atom stereocenters. The minimum Gasteiger partial charge on any atom is -0.508 e. The zero-order valence-electron chi connectivity index (χ0n) is 8.91. The first-order chi connectivity index (χ1) is 7.04. The molecular weight excluding hydrogens is 192 g/mol. The van der Waals surface area contributed by atoms with Crippen LogP contribution in [0.15, 0.2) is 24.8 Å². The van der Waals surface area contributed by atoms with E-state index in [0.717, 1.165) is 5.56 Å². The SMILES string of the molecule is C=C(CC(C)=O)c1ccc(O)cc1OC. The van der Waals surface area contributed by atoms with Crippen LogP contribution in [0.3, 0.4) is 0 Å². The molecule has 0 amide bonds. The van der Waals surface area contributed by atoms with Gasteiger partial charge in [0.05, 0.1) is 7.11 Å². The largest absolute Gasteiger partial charge is 0.508 e. The van der Waals surface area contributed by atoms with Crippen molar-refractivity contribution in [2.75, 3.05) is 7.11 Å². The van der Waals surface area contributed by atoms with Crippen molar-refractivity contribution >= 4 is 11.4 Å². The van der Waals surface area contributed by atoms with Crippen molar-refractivity contribution in [2.45, 2.75) is 13.3 Å². The molecule has 0 aromatic heterocycles. The van der Waals surface area contributed by atoms with Crippen molar-refractivity contribution in [1.29, 1.82) is 0 Å². The normalized spacial score (nSPS) is 9.73. The summed E-state index contributed by atoms with van der Waals surface area (Å²) in [7, 11) is 1.51. The summed E-state index contributed by atoms with van der Waals surface area (Å²) in [5, 5.41) is 9.26. The Morgan fingerprint density at radius 3 is 2.73 bits per heavy atom. The molecule has 3 nitrogen and oxygen atoms in total. The van der Waals surface area contributed by atoms with Crippen LogP contribution in [-0.2, 0) is 4.79 Å². The molecule has 1 aromatic rings. The predicted octanol–water partition coefficient (Wildman–Crippen LogP) is 2.39. The number of phenolic OH excluding ortho intramolecular Hbond substituents is 1. The van der Waals surface area contributed by atoms with Gasteiger partial charge in [0.15, 0.2) is 0 Å². The van der Waals surface area contributed by atoms with Crippen molar-refractivity contribution in [3.63, 3.8) is 0 Å². The standard InChI is InChI=1S/C12H14O3/c1-8(6-9(2)13)11-5-4-10(14)7-12(11)15-3/h4-5,7,14H,1,6H2,2-3H3. The number of carbonyl (C=O) groups is 1. The smallest absolute Gasteiger partial charge is 0.134 e. The highest BCUT2D eigenvalue weighted by Gasteiger charge is 2.09. The molecular formula is C12H14O3. The summed E-state index contributed by atoms with van der Waals surface area (Å²) in [5.41, 5.74) is 1.45. The van der Waals surface area contributed by atoms with E-state index in [1.54, 1.807) is 12.1 Å². The lowest BCUT2D eigenvalue weighted by atomic mass is 10.0. The fraction of sp³-hybridized carbons (Fsp3) is 0.250. The van der Waals surface area contributed by atoms with Crippen molar-refractivity contribution < 1.29 is 14.6 Å². The quantitative estimate of drug-likeness (QED) is 0.822. The lowest BCUT2D eigenvalue weighted by Crippen LogP contribution is -1.95. The Morgan fingerprint density at radius 1 is 1.53 bits per heavy atom. The van der Waals surface area contributed by atoms with Crippen LogP contribution in [0, 0.1) is 0 Å². The van der Waals surface area contributed by atoms with E-state index >= 15 is 0 Å². The molecule has 0 aliphatic heterocycles. The van der Waals surface area contributed by atoms with E-state index in [2.05, 4.69) is 6.58 Å². The van der Waals surface area contributed by atoms with Gasteiger partial charge in [0.2, 0.25) is 0 Å². The highest BCUT2D eigenvalue weighted by molar-refractivity contribution is 5.89. The second-order valence-electron chi connectivity index (χ2n) is 3.37. The molecule has 0 atom stereocenters. The van der Waals surface area contributed by atoms with Gasteiger partial charge >= 0.3 is 0 Å². The average molecular weight is 206 g/mol. The zero-order chi connectivity index (χ0) is 11.4. The topological polar surface area (TPSA) is 46.5 Å². The molecule has 0 aliphatic carbocycles. The molecule has 1 N–H and O–H groups in total. The number of Topliss-reactive ketones (excluding diaryl/α,β-unsaturated/α-hetero) is 1. The van der Waals surface area contributed by atoms with Gasteiger partial charge in [-0.15, -0.1) is 0 Å². The summed E-state index contributed by atoms with van der Waals surface area (Å²) in [6.45, 7) is 5.33. The minimum absolute atomic E-state index is 0.0510. The molecule has 3 heteroatoms. The van der Waals surface area contributed by atoms with Crippen molar-refractivity contribution in [2.24, 2.45) is 0 Å². The number of ketones is 1. The number of phenols is 1. The van der Waals surface area contributed by atoms with Crippen LogP contribution in [0.25, 0.3) is 5.57 Å². The fourth-order valence-electron chi connectivity index (χ4n) is 1.37. The van der Waals surface area contributed by atoms with Crippen LogP contribution < -0.4 is 4.74 Å². The van der Waals surface area contributed by atoms with Crippen LogP contribution in [-0.4, -0.2) is 18.0 Å². The molecule has 0 aliphatic rings. The maximum absolute atomic E-state index is 10.9. The van der Waals surface area contributed by atoms with E-state index in [1.165, 1.54) is 20.1 Å². The van der Waals surface area contributed by atoms with Gasteiger partial charge in [-0.2, -0.15) is 0 Å². The number of carbonyl (C=O) groups excluding carboxylic acids is 1. The van der Waals surface area contributed by atoms with E-state index in [0.29, 0.717) is 17.7 Å². The Bertz CT molecular complexity index is 394. The van der Waals surface area contributed by atoms with Gasteiger partial charge in [0, 0.05) is 18.1 Å². The maximum Gasteiger partial charge on any atom is 0.134 e. The molecule has 1 rings (SSSR count). The summed E-state index contributed by atoms with van der Waals surface area (Å²) in [5.74, 6) is 0.711. The highest BCUT2D eigenvalue weighted by atomic mass is 16.5. The first-order valence-electron chi connectivity index (χ1n) is 4.59. The fourth-order valence-corrected chi connectivity index (χ4v) is 1.37. The summed E-state index contributed by atoms with van der Waals surface area (Å²) >= 11 is 0. The number of allylic oxidation sites excluding steroid dienone is 1. The van der Waals surface area contributed by atoms with E-state index < -0.39 is 0 Å². The summed E-state index contributed by atoms with van der Waals surface area (Å²) in [4.78, 5) is 10.9. The van der Waals surface area contributed by atoms with Crippen LogP contribution in [0.1, 0.15) is 18.9 Å². The third-order valence-electron chi connectivity index (χ3n) is 2.03. The first-order valence-corrected chi connectivity index (χ1v) is 4.59. The second kappa shape index (κ2) is 4.64. The van der Waals surface area contributed by atoms with Gasteiger partial charge in [0.1, 0.15) is 17.3 Å². The number of ether oxygens (including phenoxy) is 1. The number of hydrogen-bond acceptors (Lipinski definition) is 3. The van der Waals surface area contributed by atoms with E-state index in [1.807, 2.05) is 0 Å². The highest BCUT2D eigenvalue weighted by Crippen LogP contribution is 2.30. The lowest BCUT2D eigenvalue weighted by Gasteiger charge is -2.10. The maximum atomic E-state index is 10.9. The Labute approximate surface area is 89.0 Å². The Morgan fingerprint density at radius 2 is 2.20 bits per heavy atom. The molecule has 15 heavy (non-hydrogen) atoms. The van der Waals surface area contributed by atoms with Crippen molar-refractivity contribution in [3.05, 3.63) is 30.3 Å². The molecule has 0 saturated carbocycles. The molecule has 0 bridgehead atoms. The van der Waals surface area contributed by atoms with Crippen LogP contribution in [0.2, 0.25) is 0 Å².